The molecule has 7 heteroatoms. The van der Waals surface area contributed by atoms with E-state index >= 15 is 0 Å². The molecule has 1 aromatic carbocycles. The average Bonchev–Trinajstić information content (AvgIpc) is 3.70. The Hall–Kier alpha value is -3.78. The summed E-state index contributed by atoms with van der Waals surface area (Å²) in [7, 11) is 0. The highest BCUT2D eigenvalue weighted by Gasteiger charge is 2.35. The van der Waals surface area contributed by atoms with Gasteiger partial charge in [-0.15, -0.1) is 0 Å². The topological polar surface area (TPSA) is 118 Å². The van der Waals surface area contributed by atoms with E-state index in [4.69, 9.17) is 9.97 Å². The molecule has 0 fully saturated rings. The minimum absolute atomic E-state index is 0.0593. The van der Waals surface area contributed by atoms with Crippen LogP contribution in [0.4, 0.5) is 0 Å². The molecule has 2 aliphatic heterocycles. The van der Waals surface area contributed by atoms with Crippen LogP contribution in [0, 0.1) is 13.8 Å². The smallest absolute Gasteiger partial charge is 0.0769 e. The molecule has 5 N–H and O–H groups in total. The molecular formula is C37H44N4O3. The van der Waals surface area contributed by atoms with Gasteiger partial charge in [0, 0.05) is 57.2 Å². The quantitative estimate of drug-likeness (QED) is 0.150. The number of aliphatic hydroxyl groups excluding tert-OH is 3. The number of H-pyrrole nitrogens is 2. The lowest BCUT2D eigenvalue weighted by Crippen LogP contribution is -2.19. The van der Waals surface area contributed by atoms with Crippen LogP contribution < -0.4 is 0 Å². The minimum Gasteiger partial charge on any atom is -0.396 e. The molecule has 0 amide bonds. The lowest BCUT2D eigenvalue weighted by molar-refractivity contribution is 0.282. The largest absolute Gasteiger partial charge is 0.396 e. The molecule has 44 heavy (non-hydrogen) atoms. The number of para-hydroxylation sites is 1. The number of nitrogens with one attached hydrogen (secondary N) is 2. The molecule has 0 radical (unpaired) electrons. The fourth-order valence-corrected chi connectivity index (χ4v) is 7.31. The molecule has 4 aromatic rings. The van der Waals surface area contributed by atoms with Crippen molar-refractivity contribution in [2.24, 2.45) is 0 Å². The van der Waals surface area contributed by atoms with Crippen molar-refractivity contribution in [2.75, 3.05) is 13.2 Å². The molecule has 8 bridgehead atoms. The van der Waals surface area contributed by atoms with Gasteiger partial charge in [-0.25, -0.2) is 4.98 Å². The van der Waals surface area contributed by atoms with Crippen LogP contribution in [0.5, 0.6) is 0 Å². The summed E-state index contributed by atoms with van der Waals surface area (Å²) in [5.41, 5.74) is 15.7. The summed E-state index contributed by atoms with van der Waals surface area (Å²) in [6.07, 6.45) is 3.41. The second kappa shape index (κ2) is 11.6. The number of nitrogens with zero attached hydrogens (tertiary/aromatic N) is 2. The summed E-state index contributed by atoms with van der Waals surface area (Å²) >= 11 is 0. The number of benzene rings is 1. The number of aromatic amines is 2. The lowest BCUT2D eigenvalue weighted by atomic mass is 9.78. The molecule has 0 aliphatic carbocycles. The van der Waals surface area contributed by atoms with E-state index in [9.17, 15) is 15.3 Å². The van der Waals surface area contributed by atoms with E-state index in [0.29, 0.717) is 19.3 Å². The van der Waals surface area contributed by atoms with E-state index in [0.717, 1.165) is 90.7 Å². The number of aliphatic hydroxyl groups is 3. The maximum absolute atomic E-state index is 10.6. The van der Waals surface area contributed by atoms with Crippen LogP contribution in [0.15, 0.2) is 30.3 Å². The number of aryl methyl sites for hydroxylation is 3. The first-order chi connectivity index (χ1) is 21.2. The van der Waals surface area contributed by atoms with Crippen LogP contribution >= 0.6 is 0 Å². The first-order valence-electron chi connectivity index (χ1n) is 15.9. The fourth-order valence-electron chi connectivity index (χ4n) is 7.31. The Labute approximate surface area is 258 Å². The third kappa shape index (κ3) is 4.52. The van der Waals surface area contributed by atoms with E-state index in [1.54, 1.807) is 0 Å². The molecule has 0 saturated carbocycles. The van der Waals surface area contributed by atoms with Crippen molar-refractivity contribution >= 4 is 44.1 Å². The number of allylic oxidation sites excluding steroid dienone is 2. The fraction of sp³-hybridized carbons (Fsp3) is 0.405. The highest BCUT2D eigenvalue weighted by molar-refractivity contribution is 6.02. The number of aromatic nitrogens is 4. The van der Waals surface area contributed by atoms with Crippen molar-refractivity contribution in [3.63, 3.8) is 0 Å². The molecule has 1 atom stereocenters. The van der Waals surface area contributed by atoms with E-state index < -0.39 is 0 Å². The summed E-state index contributed by atoms with van der Waals surface area (Å²) in [5.74, 6) is 0. The molecule has 2 aliphatic rings. The van der Waals surface area contributed by atoms with E-state index in [1.165, 1.54) is 16.7 Å². The number of hydrogen-bond donors (Lipinski definition) is 5. The summed E-state index contributed by atoms with van der Waals surface area (Å²) in [4.78, 5) is 18.1. The molecule has 6 rings (SSSR count). The summed E-state index contributed by atoms with van der Waals surface area (Å²) in [5, 5.41) is 31.8. The normalized spacial score (nSPS) is 16.6. The first-order valence-corrected chi connectivity index (χ1v) is 15.9. The summed E-state index contributed by atoms with van der Waals surface area (Å²) in [6, 6.07) is 10.8. The summed E-state index contributed by atoms with van der Waals surface area (Å²) < 4.78 is 0. The lowest BCUT2D eigenvalue weighted by Gasteiger charge is -2.23. The molecule has 5 heterocycles. The molecule has 230 valence electrons. The van der Waals surface area contributed by atoms with Gasteiger partial charge in [-0.05, 0) is 105 Å². The number of hydrogen-bond acceptors (Lipinski definition) is 5. The van der Waals surface area contributed by atoms with E-state index in [1.807, 2.05) is 6.92 Å². The minimum atomic E-state index is -0.259. The molecule has 1 unspecified atom stereocenters. The van der Waals surface area contributed by atoms with Crippen LogP contribution in [-0.4, -0.2) is 48.5 Å². The van der Waals surface area contributed by atoms with Gasteiger partial charge in [0.25, 0.3) is 0 Å². The zero-order chi connectivity index (χ0) is 31.3. The van der Waals surface area contributed by atoms with Gasteiger partial charge in [0.15, 0.2) is 0 Å². The average molecular weight is 593 g/mol. The van der Waals surface area contributed by atoms with Gasteiger partial charge in [-0.2, -0.15) is 0 Å². The second-order valence-corrected chi connectivity index (χ2v) is 12.4. The van der Waals surface area contributed by atoms with Crippen LogP contribution in [0.3, 0.4) is 0 Å². The highest BCUT2D eigenvalue weighted by Crippen LogP contribution is 2.45. The van der Waals surface area contributed by atoms with Gasteiger partial charge in [0.1, 0.15) is 0 Å². The Balaban J connectivity index is 1.90. The van der Waals surface area contributed by atoms with Crippen LogP contribution in [0.1, 0.15) is 97.4 Å². The Kier molecular flexibility index (Phi) is 7.99. The maximum atomic E-state index is 10.6. The molecular weight excluding hydrogens is 548 g/mol. The molecule has 0 saturated heterocycles. The Morgan fingerprint density at radius 2 is 1.55 bits per heavy atom. The number of fused-ring (bicyclic) bond motifs is 8. The predicted octanol–water partition coefficient (Wildman–Crippen LogP) is 7.09. The third-order valence-electron chi connectivity index (χ3n) is 10.2. The van der Waals surface area contributed by atoms with Crippen LogP contribution in [0.2, 0.25) is 0 Å². The van der Waals surface area contributed by atoms with Gasteiger partial charge < -0.3 is 25.3 Å². The molecule has 0 spiro atoms. The Bertz CT molecular complexity index is 1980. The maximum Gasteiger partial charge on any atom is 0.0769 e. The van der Waals surface area contributed by atoms with Crippen molar-refractivity contribution in [1.82, 2.24) is 19.9 Å². The second-order valence-electron chi connectivity index (χ2n) is 12.4. The van der Waals surface area contributed by atoms with Gasteiger partial charge in [-0.1, -0.05) is 32.0 Å². The van der Waals surface area contributed by atoms with Crippen LogP contribution in [0.25, 0.3) is 44.1 Å². The van der Waals surface area contributed by atoms with Crippen LogP contribution in [-0.2, 0) is 24.9 Å². The third-order valence-corrected chi connectivity index (χ3v) is 10.2. The Morgan fingerprint density at radius 1 is 0.795 bits per heavy atom. The standard InChI is InChI=1S/C37H44N4O3/c1-7-23-20(3)30-18-32-37(6,8-2)28-13-9-11-25(36(28)40-32)33-22(5)24(12-10-15-42)34(41-33)26(14-16-43)35-27(19-44)21(4)29(39-35)17-31(23)38-30/h9,11,13,17-18,38-39,42-44H,7-8,10,12,14-16,19H2,1-6H3. The zero-order valence-corrected chi connectivity index (χ0v) is 26.8. The van der Waals surface area contributed by atoms with Crippen molar-refractivity contribution in [2.45, 2.75) is 85.7 Å². The monoisotopic (exact) mass is 592 g/mol. The van der Waals surface area contributed by atoms with E-state index in [2.05, 4.69) is 74.9 Å². The van der Waals surface area contributed by atoms with Gasteiger partial charge in [-0.3, -0.25) is 4.98 Å². The zero-order valence-electron chi connectivity index (χ0n) is 26.8. The Morgan fingerprint density at radius 3 is 2.23 bits per heavy atom. The molecule has 7 nitrogen and oxygen atoms in total. The van der Waals surface area contributed by atoms with Crippen molar-refractivity contribution in [3.05, 3.63) is 80.8 Å². The SMILES string of the molecule is CCc1c(C)c2cc3nc4c(cccc4c4nc(c(CCO)c5[nH]c(cc1[nH]2)c(C)c5CO)C(CCCO)=C4C)C3(C)CC. The van der Waals surface area contributed by atoms with E-state index in [-0.39, 0.29) is 25.2 Å². The van der Waals surface area contributed by atoms with Gasteiger partial charge in [0.2, 0.25) is 0 Å². The number of rotatable bonds is 8. The van der Waals surface area contributed by atoms with Crippen molar-refractivity contribution < 1.29 is 15.3 Å². The molecule has 3 aromatic heterocycles. The van der Waals surface area contributed by atoms with Gasteiger partial charge in [0.05, 0.1) is 29.2 Å². The first kappa shape index (κ1) is 30.3. The highest BCUT2D eigenvalue weighted by atomic mass is 16.3. The van der Waals surface area contributed by atoms with Crippen molar-refractivity contribution in [3.8, 4) is 0 Å². The van der Waals surface area contributed by atoms with Crippen molar-refractivity contribution in [1.29, 1.82) is 0 Å². The predicted molar refractivity (Wildman–Crippen MR) is 180 cm³/mol. The van der Waals surface area contributed by atoms with Gasteiger partial charge >= 0.3 is 0 Å². The summed E-state index contributed by atoms with van der Waals surface area (Å²) in [6.45, 7) is 12.9.